The van der Waals surface area contributed by atoms with Gasteiger partial charge in [0.25, 0.3) is 0 Å². The minimum absolute atomic E-state index is 0.420. The minimum Gasteiger partial charge on any atom is -0.490 e. The topological polar surface area (TPSA) is 55.2 Å². The van der Waals surface area contributed by atoms with Crippen molar-refractivity contribution in [2.45, 2.75) is 20.3 Å². The Morgan fingerprint density at radius 3 is 2.62 bits per heavy atom. The van der Waals surface area contributed by atoms with Crippen LogP contribution in [0.2, 0.25) is 10.0 Å². The first-order valence-corrected chi connectivity index (χ1v) is 7.49. The summed E-state index contributed by atoms with van der Waals surface area (Å²) in [4.78, 5) is 0. The summed E-state index contributed by atoms with van der Waals surface area (Å²) >= 11 is 17.4. The zero-order chi connectivity index (χ0) is 15.4. The number of rotatable bonds is 5. The van der Waals surface area contributed by atoms with Crippen molar-refractivity contribution in [1.29, 1.82) is 0 Å². The summed E-state index contributed by atoms with van der Waals surface area (Å²) in [6, 6.07) is 3.47. The lowest BCUT2D eigenvalue weighted by molar-refractivity contribution is 0.318. The number of hydrogen-bond acceptors (Lipinski definition) is 4. The Bertz CT molecular complexity index is 700. The summed E-state index contributed by atoms with van der Waals surface area (Å²) in [6.45, 7) is 4.38. The third kappa shape index (κ3) is 3.84. The molecule has 0 saturated heterocycles. The van der Waals surface area contributed by atoms with Crippen LogP contribution in [0.4, 0.5) is 0 Å². The number of ether oxygens (including phenoxy) is 1. The van der Waals surface area contributed by atoms with Gasteiger partial charge in [-0.2, -0.15) is 14.9 Å². The first kappa shape index (κ1) is 16.0. The van der Waals surface area contributed by atoms with Crippen molar-refractivity contribution in [3.05, 3.63) is 38.3 Å². The fourth-order valence-electron chi connectivity index (χ4n) is 1.63. The van der Waals surface area contributed by atoms with E-state index in [4.69, 9.17) is 40.2 Å². The fraction of sp³-hybridized carbons (Fsp3) is 0.308. The van der Waals surface area contributed by atoms with Crippen LogP contribution >= 0.6 is 35.4 Å². The lowest BCUT2D eigenvalue weighted by Crippen LogP contribution is -1.98. The molecule has 0 radical (unpaired) electrons. The summed E-state index contributed by atoms with van der Waals surface area (Å²) in [6.07, 6.45) is 2.49. The van der Waals surface area contributed by atoms with Crippen molar-refractivity contribution in [3.63, 3.8) is 0 Å². The van der Waals surface area contributed by atoms with E-state index < -0.39 is 0 Å². The van der Waals surface area contributed by atoms with Gasteiger partial charge >= 0.3 is 0 Å². The van der Waals surface area contributed by atoms with Gasteiger partial charge in [0.1, 0.15) is 5.82 Å². The molecule has 0 saturated carbocycles. The van der Waals surface area contributed by atoms with Crippen LogP contribution in [0, 0.1) is 11.7 Å². The summed E-state index contributed by atoms with van der Waals surface area (Å²) in [7, 11) is 0. The molecule has 112 valence electrons. The molecule has 1 N–H and O–H groups in total. The molecule has 0 unspecified atom stereocenters. The van der Waals surface area contributed by atoms with Gasteiger partial charge in [0.15, 0.2) is 5.75 Å². The molecule has 0 aliphatic rings. The molecule has 2 aromatic rings. The van der Waals surface area contributed by atoms with Crippen molar-refractivity contribution in [2.75, 3.05) is 6.61 Å². The summed E-state index contributed by atoms with van der Waals surface area (Å²) in [5, 5.41) is 11.8. The number of benzene rings is 1. The average molecular weight is 345 g/mol. The van der Waals surface area contributed by atoms with E-state index >= 15 is 0 Å². The van der Waals surface area contributed by atoms with Crippen molar-refractivity contribution in [1.82, 2.24) is 14.9 Å². The number of halogens is 2. The molecule has 0 bridgehead atoms. The van der Waals surface area contributed by atoms with Crippen LogP contribution in [0.15, 0.2) is 17.2 Å². The van der Waals surface area contributed by atoms with E-state index in [-0.39, 0.29) is 0 Å². The zero-order valence-corrected chi connectivity index (χ0v) is 13.9. The van der Waals surface area contributed by atoms with Crippen LogP contribution in [0.3, 0.4) is 0 Å². The highest BCUT2D eigenvalue weighted by molar-refractivity contribution is 7.71. The molecule has 0 aliphatic carbocycles. The van der Waals surface area contributed by atoms with E-state index in [0.29, 0.717) is 33.0 Å². The van der Waals surface area contributed by atoms with Crippen molar-refractivity contribution < 1.29 is 4.74 Å². The second-order valence-corrected chi connectivity index (χ2v) is 5.50. The Morgan fingerprint density at radius 2 is 2.10 bits per heavy atom. The lowest BCUT2D eigenvalue weighted by Gasteiger charge is -2.09. The predicted octanol–water partition coefficient (Wildman–Crippen LogP) is 4.23. The molecular formula is C13H14Cl2N4OS. The van der Waals surface area contributed by atoms with Gasteiger partial charge in [-0.3, -0.25) is 5.10 Å². The Labute approximate surface area is 137 Å². The van der Waals surface area contributed by atoms with Crippen LogP contribution in [0.1, 0.15) is 24.7 Å². The van der Waals surface area contributed by atoms with E-state index in [1.807, 2.05) is 6.92 Å². The normalized spacial score (nSPS) is 11.2. The summed E-state index contributed by atoms with van der Waals surface area (Å²) in [5.41, 5.74) is 0.747. The molecular weight excluding hydrogens is 331 g/mol. The average Bonchev–Trinajstić information content (AvgIpc) is 2.75. The first-order chi connectivity index (χ1) is 10.0. The fourth-order valence-corrected chi connectivity index (χ4v) is 2.46. The number of aromatic amines is 1. The number of aromatic nitrogens is 3. The SMILES string of the molecule is CCCOc1c(Cl)cc(/C=N\n2c(C)n[nH]c2=S)cc1Cl. The molecule has 0 fully saturated rings. The van der Waals surface area contributed by atoms with E-state index in [2.05, 4.69) is 15.3 Å². The molecule has 1 aromatic heterocycles. The Balaban J connectivity index is 2.28. The number of hydrogen-bond donors (Lipinski definition) is 1. The van der Waals surface area contributed by atoms with Crippen molar-refractivity contribution in [3.8, 4) is 5.75 Å². The maximum Gasteiger partial charge on any atom is 0.216 e. The molecule has 8 heteroatoms. The number of nitrogens with zero attached hydrogens (tertiary/aromatic N) is 3. The Morgan fingerprint density at radius 1 is 1.43 bits per heavy atom. The third-order valence-corrected chi connectivity index (χ3v) is 3.43. The molecule has 2 rings (SSSR count). The lowest BCUT2D eigenvalue weighted by atomic mass is 10.2. The maximum atomic E-state index is 6.18. The van der Waals surface area contributed by atoms with Crippen LogP contribution in [-0.2, 0) is 0 Å². The predicted molar refractivity (Wildman–Crippen MR) is 87.4 cm³/mol. The largest absolute Gasteiger partial charge is 0.490 e. The van der Waals surface area contributed by atoms with Crippen molar-refractivity contribution >= 4 is 41.6 Å². The summed E-state index contributed by atoms with van der Waals surface area (Å²) < 4.78 is 7.45. The molecule has 1 aromatic carbocycles. The molecule has 0 amide bonds. The van der Waals surface area contributed by atoms with Gasteiger partial charge in [-0.1, -0.05) is 30.1 Å². The monoisotopic (exact) mass is 344 g/mol. The second-order valence-electron chi connectivity index (χ2n) is 4.29. The number of nitrogens with one attached hydrogen (secondary N) is 1. The molecule has 0 atom stereocenters. The Kier molecular flexibility index (Phi) is 5.39. The van der Waals surface area contributed by atoms with Crippen LogP contribution < -0.4 is 4.74 Å². The second kappa shape index (κ2) is 7.06. The van der Waals surface area contributed by atoms with E-state index in [1.165, 1.54) is 4.68 Å². The van der Waals surface area contributed by atoms with Gasteiger partial charge in [0, 0.05) is 0 Å². The number of aryl methyl sites for hydroxylation is 1. The highest BCUT2D eigenvalue weighted by Crippen LogP contribution is 2.33. The third-order valence-electron chi connectivity index (χ3n) is 2.61. The molecule has 0 aliphatic heterocycles. The molecule has 5 nitrogen and oxygen atoms in total. The van der Waals surface area contributed by atoms with E-state index in [0.717, 1.165) is 12.0 Å². The molecule has 21 heavy (non-hydrogen) atoms. The minimum atomic E-state index is 0.420. The van der Waals surface area contributed by atoms with Gasteiger partial charge < -0.3 is 4.74 Å². The van der Waals surface area contributed by atoms with Gasteiger partial charge in [-0.25, -0.2) is 0 Å². The standard InChI is InChI=1S/C13H14Cl2N4OS/c1-3-4-20-12-10(14)5-9(6-11(12)15)7-16-19-8(2)17-18-13(19)21/h5-7H,3-4H2,1-2H3,(H,18,21)/b16-7-. The zero-order valence-electron chi connectivity index (χ0n) is 11.6. The van der Waals surface area contributed by atoms with Gasteiger partial charge in [0.2, 0.25) is 4.77 Å². The van der Waals surface area contributed by atoms with Crippen LogP contribution in [-0.4, -0.2) is 27.7 Å². The quantitative estimate of drug-likeness (QED) is 0.652. The Hall–Kier alpha value is -1.37. The van der Waals surface area contributed by atoms with E-state index in [9.17, 15) is 0 Å². The maximum absolute atomic E-state index is 6.18. The van der Waals surface area contributed by atoms with Gasteiger partial charge in [-0.05, 0) is 43.3 Å². The van der Waals surface area contributed by atoms with Crippen molar-refractivity contribution in [2.24, 2.45) is 5.10 Å². The smallest absolute Gasteiger partial charge is 0.216 e. The highest BCUT2D eigenvalue weighted by Gasteiger charge is 2.09. The first-order valence-electron chi connectivity index (χ1n) is 6.33. The molecule has 0 spiro atoms. The van der Waals surface area contributed by atoms with Gasteiger partial charge in [-0.15, -0.1) is 0 Å². The molecule has 1 heterocycles. The van der Waals surface area contributed by atoms with Gasteiger partial charge in [0.05, 0.1) is 22.9 Å². The number of H-pyrrole nitrogens is 1. The van der Waals surface area contributed by atoms with Crippen LogP contribution in [0.5, 0.6) is 5.75 Å². The van der Waals surface area contributed by atoms with E-state index in [1.54, 1.807) is 25.3 Å². The van der Waals surface area contributed by atoms with Crippen LogP contribution in [0.25, 0.3) is 0 Å². The highest BCUT2D eigenvalue weighted by atomic mass is 35.5. The summed E-state index contributed by atoms with van der Waals surface area (Å²) in [5.74, 6) is 1.16.